The fourth-order valence-electron chi connectivity index (χ4n) is 3.23. The molecule has 1 atom stereocenters. The molecule has 2 aliphatic heterocycles. The van der Waals surface area contributed by atoms with Crippen molar-refractivity contribution < 1.29 is 14.4 Å². The number of benzene rings is 1. The third-order valence-corrected chi connectivity index (χ3v) is 5.42. The van der Waals surface area contributed by atoms with E-state index in [0.717, 1.165) is 10.6 Å². The Labute approximate surface area is 157 Å². The number of imide groups is 1. The fraction of sp³-hybridized carbons (Fsp3) is 0.500. The van der Waals surface area contributed by atoms with Gasteiger partial charge in [0.15, 0.2) is 0 Å². The standard InChI is InChI=1S/C18H23ClN4O3/c1-3-18(2)16(25)23(17(26)20-18)12-15(24)22-10-8-21(9-11-22)14-6-4-13(19)5-7-14/h4-7H,3,8-12H2,1-2H3,(H,20,26)/t18-/m0/s1. The second-order valence-corrected chi connectivity index (χ2v) is 7.29. The van der Waals surface area contributed by atoms with E-state index in [0.29, 0.717) is 37.6 Å². The number of carbonyl (C=O) groups excluding carboxylic acids is 3. The van der Waals surface area contributed by atoms with Gasteiger partial charge in [-0.3, -0.25) is 14.5 Å². The Morgan fingerprint density at radius 3 is 2.31 bits per heavy atom. The molecular weight excluding hydrogens is 356 g/mol. The van der Waals surface area contributed by atoms with Gasteiger partial charge in [-0.2, -0.15) is 0 Å². The van der Waals surface area contributed by atoms with Crippen LogP contribution in [0.3, 0.4) is 0 Å². The van der Waals surface area contributed by atoms with Gasteiger partial charge in [-0.15, -0.1) is 0 Å². The maximum absolute atomic E-state index is 12.5. The van der Waals surface area contributed by atoms with Crippen LogP contribution in [0.5, 0.6) is 0 Å². The van der Waals surface area contributed by atoms with E-state index >= 15 is 0 Å². The monoisotopic (exact) mass is 378 g/mol. The Morgan fingerprint density at radius 1 is 1.15 bits per heavy atom. The summed E-state index contributed by atoms with van der Waals surface area (Å²) in [5.74, 6) is -0.539. The van der Waals surface area contributed by atoms with Gasteiger partial charge in [0, 0.05) is 36.9 Å². The van der Waals surface area contributed by atoms with Crippen LogP contribution >= 0.6 is 11.6 Å². The van der Waals surface area contributed by atoms with Crippen molar-refractivity contribution in [1.29, 1.82) is 0 Å². The Balaban J connectivity index is 1.56. The average molecular weight is 379 g/mol. The zero-order chi connectivity index (χ0) is 18.9. The highest BCUT2D eigenvalue weighted by Crippen LogP contribution is 2.22. The van der Waals surface area contributed by atoms with E-state index in [-0.39, 0.29) is 18.4 Å². The number of carbonyl (C=O) groups is 3. The lowest BCUT2D eigenvalue weighted by Crippen LogP contribution is -2.52. The van der Waals surface area contributed by atoms with Gasteiger partial charge in [0.05, 0.1) is 0 Å². The van der Waals surface area contributed by atoms with Gasteiger partial charge < -0.3 is 15.1 Å². The average Bonchev–Trinajstić information content (AvgIpc) is 2.86. The molecule has 2 aliphatic rings. The molecule has 0 saturated carbocycles. The van der Waals surface area contributed by atoms with E-state index in [2.05, 4.69) is 10.2 Å². The summed E-state index contributed by atoms with van der Waals surface area (Å²) >= 11 is 5.91. The van der Waals surface area contributed by atoms with Crippen LogP contribution in [-0.2, 0) is 9.59 Å². The van der Waals surface area contributed by atoms with Crippen molar-refractivity contribution in [3.05, 3.63) is 29.3 Å². The molecule has 26 heavy (non-hydrogen) atoms. The summed E-state index contributed by atoms with van der Waals surface area (Å²) in [6.45, 7) is 5.80. The molecule has 140 valence electrons. The lowest BCUT2D eigenvalue weighted by atomic mass is 9.99. The number of nitrogens with zero attached hydrogens (tertiary/aromatic N) is 3. The van der Waals surface area contributed by atoms with E-state index < -0.39 is 11.6 Å². The second kappa shape index (κ2) is 7.15. The van der Waals surface area contributed by atoms with Gasteiger partial charge in [-0.1, -0.05) is 18.5 Å². The van der Waals surface area contributed by atoms with E-state index in [1.807, 2.05) is 31.2 Å². The molecule has 0 aliphatic carbocycles. The van der Waals surface area contributed by atoms with Crippen molar-refractivity contribution in [3.63, 3.8) is 0 Å². The van der Waals surface area contributed by atoms with Gasteiger partial charge in [0.25, 0.3) is 5.91 Å². The summed E-state index contributed by atoms with van der Waals surface area (Å²) in [4.78, 5) is 41.9. The Bertz CT molecular complexity index is 716. The van der Waals surface area contributed by atoms with Crippen molar-refractivity contribution in [2.24, 2.45) is 0 Å². The molecule has 0 unspecified atom stereocenters. The van der Waals surface area contributed by atoms with Gasteiger partial charge in [-0.05, 0) is 37.6 Å². The molecule has 3 rings (SSSR count). The van der Waals surface area contributed by atoms with Crippen LogP contribution in [0.1, 0.15) is 20.3 Å². The van der Waals surface area contributed by atoms with Crippen molar-refractivity contribution in [2.75, 3.05) is 37.6 Å². The third kappa shape index (κ3) is 3.49. The molecule has 4 amide bonds. The van der Waals surface area contributed by atoms with Crippen LogP contribution in [0.4, 0.5) is 10.5 Å². The largest absolute Gasteiger partial charge is 0.368 e. The molecule has 0 aromatic heterocycles. The number of nitrogens with one attached hydrogen (secondary N) is 1. The number of hydrogen-bond acceptors (Lipinski definition) is 4. The predicted molar refractivity (Wildman–Crippen MR) is 99.2 cm³/mol. The van der Waals surface area contributed by atoms with Crippen LogP contribution in [0, 0.1) is 0 Å². The SMILES string of the molecule is CC[C@]1(C)NC(=O)N(CC(=O)N2CCN(c3ccc(Cl)cc3)CC2)C1=O. The van der Waals surface area contributed by atoms with Crippen molar-refractivity contribution in [1.82, 2.24) is 15.1 Å². The minimum Gasteiger partial charge on any atom is -0.368 e. The number of urea groups is 1. The maximum atomic E-state index is 12.5. The molecule has 0 radical (unpaired) electrons. The number of piperazine rings is 1. The lowest BCUT2D eigenvalue weighted by Gasteiger charge is -2.36. The van der Waals surface area contributed by atoms with Gasteiger partial charge in [-0.25, -0.2) is 4.79 Å². The predicted octanol–water partition coefficient (Wildman–Crippen LogP) is 1.71. The molecule has 8 heteroatoms. The molecular formula is C18H23ClN4O3. The number of hydrogen-bond donors (Lipinski definition) is 1. The zero-order valence-corrected chi connectivity index (χ0v) is 15.8. The van der Waals surface area contributed by atoms with Crippen molar-refractivity contribution in [3.8, 4) is 0 Å². The smallest absolute Gasteiger partial charge is 0.325 e. The molecule has 2 saturated heterocycles. The molecule has 1 N–H and O–H groups in total. The molecule has 2 fully saturated rings. The second-order valence-electron chi connectivity index (χ2n) is 6.85. The normalized spacial score (nSPS) is 23.4. The third-order valence-electron chi connectivity index (χ3n) is 5.17. The summed E-state index contributed by atoms with van der Waals surface area (Å²) in [5, 5.41) is 3.36. The van der Waals surface area contributed by atoms with E-state index in [4.69, 9.17) is 11.6 Å². The fourth-order valence-corrected chi connectivity index (χ4v) is 3.36. The van der Waals surface area contributed by atoms with Crippen molar-refractivity contribution in [2.45, 2.75) is 25.8 Å². The first-order valence-corrected chi connectivity index (χ1v) is 9.14. The number of amides is 4. The molecule has 1 aromatic carbocycles. The highest BCUT2D eigenvalue weighted by Gasteiger charge is 2.47. The van der Waals surface area contributed by atoms with E-state index in [1.165, 1.54) is 0 Å². The minimum atomic E-state index is -0.912. The molecule has 2 heterocycles. The zero-order valence-electron chi connectivity index (χ0n) is 15.0. The van der Waals surface area contributed by atoms with Crippen LogP contribution in [0.15, 0.2) is 24.3 Å². The number of halogens is 1. The lowest BCUT2D eigenvalue weighted by molar-refractivity contribution is -0.139. The summed E-state index contributed by atoms with van der Waals surface area (Å²) in [6.07, 6.45) is 0.488. The maximum Gasteiger partial charge on any atom is 0.325 e. The topological polar surface area (TPSA) is 73.0 Å². The van der Waals surface area contributed by atoms with Crippen LogP contribution < -0.4 is 10.2 Å². The van der Waals surface area contributed by atoms with E-state index in [9.17, 15) is 14.4 Å². The first kappa shape index (κ1) is 18.5. The van der Waals surface area contributed by atoms with E-state index in [1.54, 1.807) is 11.8 Å². The van der Waals surface area contributed by atoms with Gasteiger partial charge in [0.1, 0.15) is 12.1 Å². The molecule has 0 spiro atoms. The number of anilines is 1. The summed E-state index contributed by atoms with van der Waals surface area (Å²) in [7, 11) is 0. The summed E-state index contributed by atoms with van der Waals surface area (Å²) in [5.41, 5.74) is 0.152. The Morgan fingerprint density at radius 2 is 1.77 bits per heavy atom. The molecule has 7 nitrogen and oxygen atoms in total. The van der Waals surface area contributed by atoms with Crippen molar-refractivity contribution >= 4 is 35.1 Å². The quantitative estimate of drug-likeness (QED) is 0.809. The van der Waals surface area contributed by atoms with Gasteiger partial charge >= 0.3 is 6.03 Å². The van der Waals surface area contributed by atoms with Gasteiger partial charge in [0.2, 0.25) is 5.91 Å². The highest BCUT2D eigenvalue weighted by atomic mass is 35.5. The summed E-state index contributed by atoms with van der Waals surface area (Å²) < 4.78 is 0. The Hall–Kier alpha value is -2.28. The summed E-state index contributed by atoms with van der Waals surface area (Å²) in [6, 6.07) is 7.11. The first-order valence-electron chi connectivity index (χ1n) is 8.76. The molecule has 1 aromatic rings. The highest BCUT2D eigenvalue weighted by molar-refractivity contribution is 6.30. The number of rotatable bonds is 4. The van der Waals surface area contributed by atoms with Crippen LogP contribution in [0.2, 0.25) is 5.02 Å². The van der Waals surface area contributed by atoms with Crippen LogP contribution in [0.25, 0.3) is 0 Å². The minimum absolute atomic E-state index is 0.204. The molecule has 0 bridgehead atoms. The Kier molecular flexibility index (Phi) is 5.09. The first-order chi connectivity index (χ1) is 12.3. The van der Waals surface area contributed by atoms with Crippen LogP contribution in [-0.4, -0.2) is 65.9 Å².